The first-order valence-corrected chi connectivity index (χ1v) is 28.8. The lowest BCUT2D eigenvalue weighted by Gasteiger charge is -2.21. The molecule has 398 valence electrons. The zero-order chi connectivity index (χ0) is 55.8. The second-order valence-electron chi connectivity index (χ2n) is 20.2. The Morgan fingerprint density at radius 1 is 0.412 bits per heavy atom. The Balaban J connectivity index is 0.000000333. The molecule has 2 heterocycles. The molecule has 0 bridgehead atoms. The van der Waals surface area contributed by atoms with E-state index in [9.17, 15) is 0 Å². The molecule has 0 amide bonds. The summed E-state index contributed by atoms with van der Waals surface area (Å²) >= 11 is 0. The quantitative estimate of drug-likeness (QED) is 0.134. The largest absolute Gasteiger partial charge is 0.333 e. The van der Waals surface area contributed by atoms with E-state index in [1.807, 2.05) is 52.0 Å². The first kappa shape index (κ1) is 55.8. The molecule has 2 nitrogen and oxygen atoms in total. The van der Waals surface area contributed by atoms with Crippen molar-refractivity contribution in [3.8, 4) is 39.1 Å². The molecule has 13 rings (SSSR count). The van der Waals surface area contributed by atoms with Crippen LogP contribution in [-0.4, -0.2) is 9.13 Å². The summed E-state index contributed by atoms with van der Waals surface area (Å²) in [6.45, 7) is 16.6. The summed E-state index contributed by atoms with van der Waals surface area (Å²) in [4.78, 5) is 0. The molecule has 1 aliphatic carbocycles. The number of fused-ring (bicyclic) bond motifs is 7. The molecule has 2 aromatic heterocycles. The van der Waals surface area contributed by atoms with E-state index in [0.717, 1.165) is 6.42 Å². The highest BCUT2D eigenvalue weighted by Crippen LogP contribution is 2.41. The predicted molar refractivity (Wildman–Crippen MR) is 352 cm³/mol. The summed E-state index contributed by atoms with van der Waals surface area (Å²) in [5, 5.41) is 7.59. The van der Waals surface area contributed by atoms with E-state index in [4.69, 9.17) is 0 Å². The predicted octanol–water partition coefficient (Wildman–Crippen LogP) is 22.9. The fourth-order valence-electron chi connectivity index (χ4n) is 10.6. The van der Waals surface area contributed by atoms with Crippen LogP contribution in [0.4, 0.5) is 0 Å². The lowest BCUT2D eigenvalue weighted by molar-refractivity contribution is 0.649. The molecule has 0 aliphatic heterocycles. The van der Waals surface area contributed by atoms with E-state index in [0.29, 0.717) is 0 Å². The molecule has 0 radical (unpaired) electrons. The molecule has 10 aromatic carbocycles. The van der Waals surface area contributed by atoms with Crippen LogP contribution < -0.4 is 0 Å². The van der Waals surface area contributed by atoms with Crippen molar-refractivity contribution < 1.29 is 0 Å². The third-order valence-electron chi connectivity index (χ3n) is 15.1. The average Bonchev–Trinajstić information content (AvgIpc) is 4.21. The maximum atomic E-state index is 2.54. The van der Waals surface area contributed by atoms with Gasteiger partial charge in [0.2, 0.25) is 0 Å². The zero-order valence-electron chi connectivity index (χ0n) is 48.1. The van der Waals surface area contributed by atoms with Gasteiger partial charge in [-0.05, 0) is 150 Å². The second-order valence-corrected chi connectivity index (χ2v) is 20.2. The molecular weight excluding hydrogens is 965 g/mol. The molecule has 1 atom stereocenters. The van der Waals surface area contributed by atoms with Gasteiger partial charge < -0.3 is 9.13 Å². The Kier molecular flexibility index (Phi) is 18.9. The van der Waals surface area contributed by atoms with Crippen molar-refractivity contribution in [2.45, 2.75) is 80.7 Å². The minimum atomic E-state index is 0.247. The van der Waals surface area contributed by atoms with E-state index >= 15 is 0 Å². The smallest absolute Gasteiger partial charge is 0.0560 e. The third-order valence-corrected chi connectivity index (χ3v) is 15.1. The summed E-state index contributed by atoms with van der Waals surface area (Å²) in [7, 11) is 0. The maximum absolute atomic E-state index is 2.54. The standard InChI is InChI=1S/C58H40N2.C8H10.C6H10.C4H10.C2H6/c1-2-13-39(14-3-1)41-27-31-48(32-28-41)59-55-23-10-7-20-50(55)52-37-45(29-33-57(52)59)46-30-34-58-53(38-46)51-21-8-11-24-56(51)60(58)54-22-9-6-19-49(54)47-18-12-17-43(36-47)44-26-25-40-15-4-5-16-42(40)35-44;1-7-5-3-4-6-8(7)2;1-3-5-6-4-2;1-3-4-2;1-2/h1-31,33-38,48H,32H2;3-6H,1-2H3;3-6H,1-2H3;3-4H2,1-2H3;1-2H3/b;;5-3-,6-4-;;. The van der Waals surface area contributed by atoms with Gasteiger partial charge in [0.25, 0.3) is 0 Å². The highest BCUT2D eigenvalue weighted by atomic mass is 15.0. The summed E-state index contributed by atoms with van der Waals surface area (Å²) < 4.78 is 4.99. The summed E-state index contributed by atoms with van der Waals surface area (Å²) in [5.41, 5.74) is 18.7. The SMILES string of the molecule is C/C=C\C=C/C.C1=CC(n2c3ccccc3c3cc(-c4ccc5c(c4)c4ccccc4n5-c4ccccc4-c4cccc(-c5ccc6ccccc6c5)c4)ccc32)CC=C1c1ccccc1.CC.CCCC.Cc1ccccc1C. The molecule has 0 N–H and O–H groups in total. The fraction of sp³-hybridized carbons (Fsp3) is 0.154. The van der Waals surface area contributed by atoms with Crippen LogP contribution in [0.2, 0.25) is 0 Å². The van der Waals surface area contributed by atoms with Gasteiger partial charge in [-0.3, -0.25) is 0 Å². The Labute approximate surface area is 476 Å². The number of aryl methyl sites for hydroxylation is 2. The first-order chi connectivity index (χ1) is 39.4. The third kappa shape index (κ3) is 12.3. The minimum absolute atomic E-state index is 0.247. The van der Waals surface area contributed by atoms with E-state index in [1.165, 1.54) is 129 Å². The van der Waals surface area contributed by atoms with Crippen LogP contribution in [0.15, 0.2) is 273 Å². The molecule has 80 heavy (non-hydrogen) atoms. The number of unbranched alkanes of at least 4 members (excludes halogenated alkanes) is 1. The number of aromatic nitrogens is 2. The van der Waals surface area contributed by atoms with Gasteiger partial charge in [-0.15, -0.1) is 0 Å². The monoisotopic (exact) mass is 1040 g/mol. The number of nitrogens with zero attached hydrogens (tertiary/aromatic N) is 2. The number of benzene rings is 10. The van der Waals surface area contributed by atoms with Gasteiger partial charge in [0.15, 0.2) is 0 Å². The van der Waals surface area contributed by atoms with E-state index in [1.54, 1.807) is 0 Å². The summed E-state index contributed by atoms with van der Waals surface area (Å²) in [6, 6.07) is 84.3. The lowest BCUT2D eigenvalue weighted by atomic mass is 9.96. The Morgan fingerprint density at radius 2 is 0.900 bits per heavy atom. The molecule has 2 heteroatoms. The normalized spacial score (nSPS) is 12.8. The van der Waals surface area contributed by atoms with E-state index in [2.05, 4.69) is 286 Å². The van der Waals surface area contributed by atoms with Gasteiger partial charge in [0, 0.05) is 38.1 Å². The average molecular weight is 1040 g/mol. The summed E-state index contributed by atoms with van der Waals surface area (Å²) in [6.07, 6.45) is 18.7. The van der Waals surface area contributed by atoms with Crippen LogP contribution in [-0.2, 0) is 0 Å². The second kappa shape index (κ2) is 27.1. The fourth-order valence-corrected chi connectivity index (χ4v) is 10.6. The first-order valence-electron chi connectivity index (χ1n) is 28.8. The highest BCUT2D eigenvalue weighted by molar-refractivity contribution is 6.12. The van der Waals surface area contributed by atoms with Crippen molar-refractivity contribution in [3.05, 3.63) is 290 Å². The summed E-state index contributed by atoms with van der Waals surface area (Å²) in [5.74, 6) is 0. The molecule has 1 aliphatic rings. The topological polar surface area (TPSA) is 9.86 Å². The number of allylic oxidation sites excluding steroid dienone is 8. The lowest BCUT2D eigenvalue weighted by Crippen LogP contribution is -2.07. The molecule has 0 saturated heterocycles. The van der Waals surface area contributed by atoms with Crippen molar-refractivity contribution in [2.24, 2.45) is 0 Å². The van der Waals surface area contributed by atoms with Crippen molar-refractivity contribution in [3.63, 3.8) is 0 Å². The van der Waals surface area contributed by atoms with Crippen molar-refractivity contribution in [1.29, 1.82) is 0 Å². The van der Waals surface area contributed by atoms with Crippen LogP contribution >= 0.6 is 0 Å². The molecule has 0 saturated carbocycles. The minimum Gasteiger partial charge on any atom is -0.333 e. The van der Waals surface area contributed by atoms with Crippen LogP contribution in [0.25, 0.3) is 99.0 Å². The van der Waals surface area contributed by atoms with Gasteiger partial charge in [-0.1, -0.05) is 259 Å². The van der Waals surface area contributed by atoms with Crippen molar-refractivity contribution >= 4 is 60.0 Å². The van der Waals surface area contributed by atoms with Crippen LogP contribution in [0.3, 0.4) is 0 Å². The van der Waals surface area contributed by atoms with E-state index in [-0.39, 0.29) is 6.04 Å². The van der Waals surface area contributed by atoms with Crippen LogP contribution in [0.5, 0.6) is 0 Å². The van der Waals surface area contributed by atoms with Gasteiger partial charge in [0.1, 0.15) is 0 Å². The molecule has 0 spiro atoms. The number of hydrogen-bond acceptors (Lipinski definition) is 0. The Bertz CT molecular complexity index is 4100. The van der Waals surface area contributed by atoms with Gasteiger partial charge >= 0.3 is 0 Å². The van der Waals surface area contributed by atoms with Gasteiger partial charge in [-0.25, -0.2) is 0 Å². The van der Waals surface area contributed by atoms with Crippen LogP contribution in [0, 0.1) is 13.8 Å². The zero-order valence-corrected chi connectivity index (χ0v) is 48.1. The van der Waals surface area contributed by atoms with Crippen molar-refractivity contribution in [2.75, 3.05) is 0 Å². The molecule has 1 unspecified atom stereocenters. The molecule has 0 fully saturated rings. The van der Waals surface area contributed by atoms with Crippen LogP contribution in [0.1, 0.15) is 83.5 Å². The number of hydrogen-bond donors (Lipinski definition) is 0. The highest BCUT2D eigenvalue weighted by Gasteiger charge is 2.21. The number of rotatable bonds is 8. The Morgan fingerprint density at radius 3 is 1.55 bits per heavy atom. The maximum Gasteiger partial charge on any atom is 0.0560 e. The Hall–Kier alpha value is -8.98. The van der Waals surface area contributed by atoms with E-state index < -0.39 is 0 Å². The molecule has 12 aromatic rings. The molecular formula is C78H76N2. The number of para-hydroxylation sites is 3. The van der Waals surface area contributed by atoms with Gasteiger partial charge in [-0.2, -0.15) is 0 Å². The van der Waals surface area contributed by atoms with Crippen molar-refractivity contribution in [1.82, 2.24) is 9.13 Å². The van der Waals surface area contributed by atoms with Gasteiger partial charge in [0.05, 0.1) is 22.8 Å².